The molecule has 0 saturated carbocycles. The fourth-order valence-electron chi connectivity index (χ4n) is 5.03. The van der Waals surface area contributed by atoms with Gasteiger partial charge >= 0.3 is 6.03 Å². The molecule has 0 aromatic heterocycles. The lowest BCUT2D eigenvalue weighted by molar-refractivity contribution is 0.208. The molecule has 1 N–H and O–H groups in total. The van der Waals surface area contributed by atoms with Crippen molar-refractivity contribution in [3.05, 3.63) is 53.6 Å². The van der Waals surface area contributed by atoms with E-state index in [-0.39, 0.29) is 6.03 Å². The quantitative estimate of drug-likeness (QED) is 0.685. The molecule has 7 nitrogen and oxygen atoms in total. The number of nitriles is 1. The zero-order valence-electron chi connectivity index (χ0n) is 20.3. The lowest BCUT2D eigenvalue weighted by Crippen LogP contribution is -2.50. The number of ether oxygens (including phenoxy) is 1. The minimum atomic E-state index is -0.0617. The lowest BCUT2D eigenvalue weighted by atomic mass is 9.88. The summed E-state index contributed by atoms with van der Waals surface area (Å²) in [5, 5.41) is 12.1. The number of hydrogen-bond donors (Lipinski definition) is 1. The molecule has 2 aromatic carbocycles. The lowest BCUT2D eigenvalue weighted by Gasteiger charge is -2.36. The molecule has 180 valence electrons. The summed E-state index contributed by atoms with van der Waals surface area (Å²) in [6, 6.07) is 15.7. The van der Waals surface area contributed by atoms with Crippen LogP contribution in [0.25, 0.3) is 0 Å². The minimum absolute atomic E-state index is 0.0617. The number of likely N-dealkylation sites (tertiary alicyclic amines) is 1. The van der Waals surface area contributed by atoms with Gasteiger partial charge in [-0.1, -0.05) is 6.92 Å². The van der Waals surface area contributed by atoms with Crippen LogP contribution in [0.15, 0.2) is 42.5 Å². The molecule has 0 aliphatic carbocycles. The maximum atomic E-state index is 13.0. The Bertz CT molecular complexity index is 1000. The summed E-state index contributed by atoms with van der Waals surface area (Å²) in [6.07, 6.45) is 3.42. The van der Waals surface area contributed by atoms with Crippen LogP contribution in [-0.2, 0) is 0 Å². The molecule has 0 atom stereocenters. The number of benzene rings is 2. The van der Waals surface area contributed by atoms with E-state index in [1.165, 1.54) is 18.5 Å². The van der Waals surface area contributed by atoms with Crippen molar-refractivity contribution in [2.45, 2.75) is 32.1 Å². The molecule has 2 heterocycles. The van der Waals surface area contributed by atoms with Crippen molar-refractivity contribution in [3.8, 4) is 11.8 Å². The molecule has 2 aliphatic heterocycles. The maximum absolute atomic E-state index is 13.0. The van der Waals surface area contributed by atoms with Crippen LogP contribution in [0.2, 0.25) is 0 Å². The van der Waals surface area contributed by atoms with Gasteiger partial charge in [0.15, 0.2) is 0 Å². The van der Waals surface area contributed by atoms with Crippen LogP contribution in [-0.4, -0.2) is 68.8 Å². The summed E-state index contributed by atoms with van der Waals surface area (Å²) in [6.45, 7) is 8.47. The summed E-state index contributed by atoms with van der Waals surface area (Å²) < 4.78 is 5.66. The number of nitrogens with one attached hydrogen (secondary N) is 1. The highest BCUT2D eigenvalue weighted by molar-refractivity contribution is 5.89. The average molecular weight is 462 g/mol. The molecule has 7 heteroatoms. The van der Waals surface area contributed by atoms with Crippen molar-refractivity contribution in [2.24, 2.45) is 0 Å². The smallest absolute Gasteiger partial charge is 0.321 e. The molecule has 2 aromatic rings. The second kappa shape index (κ2) is 11.3. The topological polar surface area (TPSA) is 71.8 Å². The van der Waals surface area contributed by atoms with Crippen molar-refractivity contribution >= 4 is 17.4 Å². The first-order valence-electron chi connectivity index (χ1n) is 12.3. The van der Waals surface area contributed by atoms with E-state index < -0.39 is 0 Å². The van der Waals surface area contributed by atoms with Crippen molar-refractivity contribution in [1.29, 1.82) is 5.26 Å². The third-order valence-electron chi connectivity index (χ3n) is 6.98. The van der Waals surface area contributed by atoms with Gasteiger partial charge in [-0.25, -0.2) is 4.79 Å². The van der Waals surface area contributed by atoms with Gasteiger partial charge < -0.3 is 24.8 Å². The molecule has 0 unspecified atom stereocenters. The first kappa shape index (κ1) is 23.9. The van der Waals surface area contributed by atoms with Crippen molar-refractivity contribution in [3.63, 3.8) is 0 Å². The Hall–Kier alpha value is -3.24. The van der Waals surface area contributed by atoms with E-state index in [0.29, 0.717) is 24.6 Å². The number of hydrogen-bond acceptors (Lipinski definition) is 5. The third kappa shape index (κ3) is 5.63. The van der Waals surface area contributed by atoms with E-state index in [4.69, 9.17) is 10.00 Å². The zero-order chi connectivity index (χ0) is 23.9. The average Bonchev–Trinajstić information content (AvgIpc) is 2.89. The molecule has 4 rings (SSSR count). The Morgan fingerprint density at radius 3 is 2.38 bits per heavy atom. The van der Waals surface area contributed by atoms with Crippen molar-refractivity contribution in [1.82, 2.24) is 9.80 Å². The van der Waals surface area contributed by atoms with E-state index in [1.807, 2.05) is 41.3 Å². The second-order valence-electron chi connectivity index (χ2n) is 9.14. The fraction of sp³-hybridized carbons (Fsp3) is 0.481. The number of carbonyl (C=O) groups excluding carboxylic acids is 1. The highest BCUT2D eigenvalue weighted by Gasteiger charge is 2.25. The number of urea groups is 1. The Kier molecular flexibility index (Phi) is 7.91. The van der Waals surface area contributed by atoms with E-state index in [0.717, 1.165) is 56.1 Å². The monoisotopic (exact) mass is 461 g/mol. The van der Waals surface area contributed by atoms with Gasteiger partial charge in [-0.2, -0.15) is 5.26 Å². The summed E-state index contributed by atoms with van der Waals surface area (Å²) >= 11 is 0. The first-order chi connectivity index (χ1) is 16.6. The number of piperazine rings is 1. The third-order valence-corrected chi connectivity index (χ3v) is 6.98. The normalized spacial score (nSPS) is 17.3. The number of methoxy groups -OCH3 is 1. The molecule has 2 aliphatic rings. The van der Waals surface area contributed by atoms with Gasteiger partial charge in [-0.15, -0.1) is 0 Å². The molecule has 2 amide bonds. The Morgan fingerprint density at radius 1 is 1.06 bits per heavy atom. The highest BCUT2D eigenvalue weighted by atomic mass is 16.5. The van der Waals surface area contributed by atoms with Gasteiger partial charge in [0.25, 0.3) is 0 Å². The molecular weight excluding hydrogens is 426 g/mol. The summed E-state index contributed by atoms with van der Waals surface area (Å²) in [4.78, 5) is 19.6. The standard InChI is InChI=1S/C27H35N5O2/c1-3-12-30-13-10-22(11-14-30)25-19-23(6-9-26(25)34-2)29-27(33)32-17-15-31(16-18-32)24-7-4-21(20-28)5-8-24/h4-9,19,22H,3,10-18H2,1-2H3,(H,29,33). The van der Waals surface area contributed by atoms with Crippen molar-refractivity contribution in [2.75, 3.05) is 63.1 Å². The van der Waals surface area contributed by atoms with E-state index >= 15 is 0 Å². The predicted molar refractivity (Wildman–Crippen MR) is 136 cm³/mol. The molecular formula is C27H35N5O2. The van der Waals surface area contributed by atoms with Gasteiger partial charge in [0.1, 0.15) is 5.75 Å². The molecule has 0 radical (unpaired) electrons. The Labute approximate surface area is 202 Å². The van der Waals surface area contributed by atoms with Crippen LogP contribution >= 0.6 is 0 Å². The Morgan fingerprint density at radius 2 is 1.76 bits per heavy atom. The van der Waals surface area contributed by atoms with Crippen LogP contribution in [0.1, 0.15) is 43.2 Å². The SMILES string of the molecule is CCCN1CCC(c2cc(NC(=O)N3CCN(c4ccc(C#N)cc4)CC3)ccc2OC)CC1. The van der Waals surface area contributed by atoms with Crippen LogP contribution < -0.4 is 15.0 Å². The van der Waals surface area contributed by atoms with E-state index in [2.05, 4.69) is 34.2 Å². The van der Waals surface area contributed by atoms with Gasteiger partial charge in [0.2, 0.25) is 0 Å². The number of amides is 2. The minimum Gasteiger partial charge on any atom is -0.496 e. The first-order valence-corrected chi connectivity index (χ1v) is 12.3. The van der Waals surface area contributed by atoms with Crippen LogP contribution in [0.3, 0.4) is 0 Å². The van der Waals surface area contributed by atoms with Crippen LogP contribution in [0.4, 0.5) is 16.2 Å². The summed E-state index contributed by atoms with van der Waals surface area (Å²) in [7, 11) is 1.72. The zero-order valence-corrected chi connectivity index (χ0v) is 20.3. The molecule has 2 saturated heterocycles. The second-order valence-corrected chi connectivity index (χ2v) is 9.14. The number of rotatable bonds is 6. The van der Waals surface area contributed by atoms with Crippen LogP contribution in [0, 0.1) is 11.3 Å². The number of piperidine rings is 1. The van der Waals surface area contributed by atoms with E-state index in [1.54, 1.807) is 7.11 Å². The van der Waals surface area contributed by atoms with Gasteiger partial charge in [-0.3, -0.25) is 0 Å². The van der Waals surface area contributed by atoms with Crippen molar-refractivity contribution < 1.29 is 9.53 Å². The molecule has 2 fully saturated rings. The van der Waals surface area contributed by atoms with E-state index in [9.17, 15) is 4.79 Å². The molecule has 0 spiro atoms. The highest BCUT2D eigenvalue weighted by Crippen LogP contribution is 2.36. The Balaban J connectivity index is 1.35. The molecule has 34 heavy (non-hydrogen) atoms. The fourth-order valence-corrected chi connectivity index (χ4v) is 5.03. The molecule has 0 bridgehead atoms. The maximum Gasteiger partial charge on any atom is 0.321 e. The largest absolute Gasteiger partial charge is 0.496 e. The number of anilines is 2. The summed E-state index contributed by atoms with van der Waals surface area (Å²) in [5.41, 5.74) is 3.77. The van der Waals surface area contributed by atoms with Crippen LogP contribution in [0.5, 0.6) is 5.75 Å². The number of carbonyl (C=O) groups is 1. The van der Waals surface area contributed by atoms with Gasteiger partial charge in [0.05, 0.1) is 18.7 Å². The summed E-state index contributed by atoms with van der Waals surface area (Å²) in [5.74, 6) is 1.36. The van der Waals surface area contributed by atoms with Gasteiger partial charge in [0, 0.05) is 37.6 Å². The predicted octanol–water partition coefficient (Wildman–Crippen LogP) is 4.51. The van der Waals surface area contributed by atoms with Gasteiger partial charge in [-0.05, 0) is 92.8 Å². The number of nitrogens with zero attached hydrogens (tertiary/aromatic N) is 4.